The van der Waals surface area contributed by atoms with E-state index in [2.05, 4.69) is 40.1 Å². The number of piperidine rings is 1. The van der Waals surface area contributed by atoms with Crippen LogP contribution in [0.25, 0.3) is 0 Å². The van der Waals surface area contributed by atoms with Gasteiger partial charge in [0.25, 0.3) is 0 Å². The van der Waals surface area contributed by atoms with Crippen LogP contribution in [-0.2, 0) is 6.54 Å². The average Bonchev–Trinajstić information content (AvgIpc) is 3.24. The molecule has 6 heteroatoms. The standard InChI is InChI=1S/C17H23N3O2S/c1-20-8-2-5-13(16(20)15-7-4-10-23-15)11-18-17(21)19-12-14-6-3-9-22-14/h3-4,6-7,9-10,13,16H,2,5,8,11-12H2,1H3,(H2,18,19,21)/t13-,16+/m1/s1. The highest BCUT2D eigenvalue weighted by molar-refractivity contribution is 7.10. The molecule has 0 aliphatic carbocycles. The minimum Gasteiger partial charge on any atom is -0.467 e. The van der Waals surface area contributed by atoms with Crippen molar-refractivity contribution in [3.05, 3.63) is 46.5 Å². The summed E-state index contributed by atoms with van der Waals surface area (Å²) in [6.45, 7) is 2.22. The molecule has 2 N–H and O–H groups in total. The zero-order valence-corrected chi connectivity index (χ0v) is 14.1. The number of thiophene rings is 1. The van der Waals surface area contributed by atoms with Crippen molar-refractivity contribution in [2.24, 2.45) is 5.92 Å². The van der Waals surface area contributed by atoms with Gasteiger partial charge in [0.15, 0.2) is 0 Å². The Hall–Kier alpha value is -1.79. The molecular weight excluding hydrogens is 310 g/mol. The van der Waals surface area contributed by atoms with Gasteiger partial charge in [-0.05, 0) is 55.9 Å². The third-order valence-corrected chi connectivity index (χ3v) is 5.31. The van der Waals surface area contributed by atoms with Gasteiger partial charge in [-0.25, -0.2) is 4.79 Å². The summed E-state index contributed by atoms with van der Waals surface area (Å²) < 4.78 is 5.21. The lowest BCUT2D eigenvalue weighted by Gasteiger charge is -2.38. The zero-order valence-electron chi connectivity index (χ0n) is 13.3. The van der Waals surface area contributed by atoms with E-state index in [0.29, 0.717) is 25.0 Å². The van der Waals surface area contributed by atoms with Crippen molar-refractivity contribution < 1.29 is 9.21 Å². The Morgan fingerprint density at radius 3 is 3.04 bits per heavy atom. The maximum atomic E-state index is 12.0. The van der Waals surface area contributed by atoms with Gasteiger partial charge in [-0.15, -0.1) is 11.3 Å². The summed E-state index contributed by atoms with van der Waals surface area (Å²) in [4.78, 5) is 15.8. The van der Waals surface area contributed by atoms with E-state index in [0.717, 1.165) is 18.7 Å². The molecule has 124 valence electrons. The molecule has 0 unspecified atom stereocenters. The Labute approximate surface area is 140 Å². The lowest BCUT2D eigenvalue weighted by molar-refractivity contribution is 0.123. The molecule has 0 aromatic carbocycles. The van der Waals surface area contributed by atoms with Gasteiger partial charge >= 0.3 is 6.03 Å². The zero-order chi connectivity index (χ0) is 16.1. The fraction of sp³-hybridized carbons (Fsp3) is 0.471. The number of urea groups is 1. The van der Waals surface area contributed by atoms with Gasteiger partial charge in [0.1, 0.15) is 5.76 Å². The van der Waals surface area contributed by atoms with Crippen molar-refractivity contribution in [1.82, 2.24) is 15.5 Å². The van der Waals surface area contributed by atoms with E-state index in [1.807, 2.05) is 12.1 Å². The second kappa shape index (κ2) is 7.66. The smallest absolute Gasteiger partial charge is 0.315 e. The first-order chi connectivity index (χ1) is 11.2. The van der Waals surface area contributed by atoms with Crippen LogP contribution in [0.2, 0.25) is 0 Å². The van der Waals surface area contributed by atoms with Crippen molar-refractivity contribution in [1.29, 1.82) is 0 Å². The summed E-state index contributed by atoms with van der Waals surface area (Å²) in [5.74, 6) is 1.20. The summed E-state index contributed by atoms with van der Waals surface area (Å²) >= 11 is 1.80. The lowest BCUT2D eigenvalue weighted by atomic mass is 9.88. The van der Waals surface area contributed by atoms with E-state index >= 15 is 0 Å². The molecule has 0 radical (unpaired) electrons. The lowest BCUT2D eigenvalue weighted by Crippen LogP contribution is -2.44. The maximum Gasteiger partial charge on any atom is 0.315 e. The molecule has 23 heavy (non-hydrogen) atoms. The Morgan fingerprint density at radius 2 is 2.30 bits per heavy atom. The maximum absolute atomic E-state index is 12.0. The summed E-state index contributed by atoms with van der Waals surface area (Å²) in [6.07, 6.45) is 3.93. The summed E-state index contributed by atoms with van der Waals surface area (Å²) in [6, 6.07) is 8.22. The average molecular weight is 333 g/mol. The topological polar surface area (TPSA) is 57.5 Å². The van der Waals surface area contributed by atoms with Crippen LogP contribution in [0.3, 0.4) is 0 Å². The summed E-state index contributed by atoms with van der Waals surface area (Å²) in [5, 5.41) is 7.97. The highest BCUT2D eigenvalue weighted by atomic mass is 32.1. The number of nitrogens with zero attached hydrogens (tertiary/aromatic N) is 1. The van der Waals surface area contributed by atoms with Gasteiger partial charge in [-0.1, -0.05) is 6.07 Å². The van der Waals surface area contributed by atoms with Gasteiger partial charge in [0.05, 0.1) is 12.8 Å². The molecule has 0 spiro atoms. The summed E-state index contributed by atoms with van der Waals surface area (Å²) in [7, 11) is 2.17. The highest BCUT2D eigenvalue weighted by Gasteiger charge is 2.31. The molecule has 1 aliphatic rings. The van der Waals surface area contributed by atoms with E-state index in [4.69, 9.17) is 4.42 Å². The van der Waals surface area contributed by atoms with Crippen molar-refractivity contribution in [2.75, 3.05) is 20.1 Å². The molecule has 1 aliphatic heterocycles. The molecule has 2 aromatic heterocycles. The molecule has 1 fully saturated rings. The van der Waals surface area contributed by atoms with Gasteiger partial charge in [-0.2, -0.15) is 0 Å². The number of likely N-dealkylation sites (tertiary alicyclic amines) is 1. The first-order valence-corrected chi connectivity index (χ1v) is 8.89. The Kier molecular flexibility index (Phi) is 5.35. The van der Waals surface area contributed by atoms with Gasteiger partial charge < -0.3 is 15.1 Å². The van der Waals surface area contributed by atoms with Crippen molar-refractivity contribution >= 4 is 17.4 Å². The van der Waals surface area contributed by atoms with Crippen molar-refractivity contribution in [3.63, 3.8) is 0 Å². The number of rotatable bonds is 5. The number of amides is 2. The normalized spacial score (nSPS) is 22.0. The minimum atomic E-state index is -0.139. The molecule has 0 bridgehead atoms. The van der Waals surface area contributed by atoms with Crippen LogP contribution < -0.4 is 10.6 Å². The van der Waals surface area contributed by atoms with Crippen LogP contribution in [0, 0.1) is 5.92 Å². The second-order valence-corrected chi connectivity index (χ2v) is 6.97. The molecule has 1 saturated heterocycles. The number of carbonyl (C=O) groups is 1. The SMILES string of the molecule is CN1CCC[C@H](CNC(=O)NCc2ccco2)[C@H]1c1cccs1. The third kappa shape index (κ3) is 4.14. The number of hydrogen-bond donors (Lipinski definition) is 2. The Bertz CT molecular complexity index is 597. The van der Waals surface area contributed by atoms with E-state index in [9.17, 15) is 4.79 Å². The van der Waals surface area contributed by atoms with Crippen LogP contribution in [0.4, 0.5) is 4.79 Å². The molecule has 3 heterocycles. The van der Waals surface area contributed by atoms with Crippen LogP contribution in [-0.4, -0.2) is 31.1 Å². The fourth-order valence-electron chi connectivity index (χ4n) is 3.25. The first-order valence-electron chi connectivity index (χ1n) is 8.02. The first kappa shape index (κ1) is 16.1. The van der Waals surface area contributed by atoms with E-state index in [-0.39, 0.29) is 6.03 Å². The van der Waals surface area contributed by atoms with Gasteiger partial charge in [0.2, 0.25) is 0 Å². The predicted molar refractivity (Wildman–Crippen MR) is 91.4 cm³/mol. The van der Waals surface area contributed by atoms with Crippen LogP contribution in [0.5, 0.6) is 0 Å². The number of hydrogen-bond acceptors (Lipinski definition) is 4. The van der Waals surface area contributed by atoms with Crippen molar-refractivity contribution in [3.8, 4) is 0 Å². The van der Waals surface area contributed by atoms with E-state index in [1.54, 1.807) is 17.6 Å². The van der Waals surface area contributed by atoms with E-state index < -0.39 is 0 Å². The second-order valence-electron chi connectivity index (χ2n) is 5.99. The molecular formula is C17H23N3O2S. The molecule has 2 aromatic rings. The molecule has 2 atom stereocenters. The highest BCUT2D eigenvalue weighted by Crippen LogP contribution is 2.36. The number of furan rings is 1. The predicted octanol–water partition coefficient (Wildman–Crippen LogP) is 3.22. The van der Waals surface area contributed by atoms with Crippen LogP contribution in [0.15, 0.2) is 40.3 Å². The van der Waals surface area contributed by atoms with Crippen LogP contribution >= 0.6 is 11.3 Å². The van der Waals surface area contributed by atoms with Gasteiger partial charge in [0, 0.05) is 17.5 Å². The minimum absolute atomic E-state index is 0.139. The quantitative estimate of drug-likeness (QED) is 0.883. The van der Waals surface area contributed by atoms with Gasteiger partial charge in [-0.3, -0.25) is 4.90 Å². The Morgan fingerprint density at radius 1 is 1.39 bits per heavy atom. The fourth-order valence-corrected chi connectivity index (χ4v) is 4.23. The van der Waals surface area contributed by atoms with Crippen LogP contribution in [0.1, 0.15) is 29.5 Å². The third-order valence-electron chi connectivity index (χ3n) is 4.37. The van der Waals surface area contributed by atoms with E-state index in [1.165, 1.54) is 11.3 Å². The largest absolute Gasteiger partial charge is 0.467 e. The summed E-state index contributed by atoms with van der Waals surface area (Å²) in [5.41, 5.74) is 0. The number of carbonyl (C=O) groups excluding carboxylic acids is 1. The molecule has 2 amide bonds. The van der Waals surface area contributed by atoms with Crippen molar-refractivity contribution in [2.45, 2.75) is 25.4 Å². The monoisotopic (exact) mass is 333 g/mol. The Balaban J connectivity index is 1.52. The molecule has 3 rings (SSSR count). The molecule has 5 nitrogen and oxygen atoms in total. The molecule has 0 saturated carbocycles. The number of nitrogens with one attached hydrogen (secondary N) is 2.